The third kappa shape index (κ3) is 4.83. The van der Waals surface area contributed by atoms with E-state index in [2.05, 4.69) is 16.7 Å². The maximum Gasteiger partial charge on any atom is 0.0817 e. The lowest BCUT2D eigenvalue weighted by molar-refractivity contribution is 0.103. The van der Waals surface area contributed by atoms with Gasteiger partial charge in [-0.3, -0.25) is 0 Å². The molecule has 1 heterocycles. The van der Waals surface area contributed by atoms with Crippen molar-refractivity contribution in [1.29, 1.82) is 0 Å². The molecule has 3 nitrogen and oxygen atoms in total. The minimum atomic E-state index is -0.551. The molecule has 0 amide bonds. The van der Waals surface area contributed by atoms with Gasteiger partial charge in [-0.15, -0.1) is 0 Å². The summed E-state index contributed by atoms with van der Waals surface area (Å²) in [4.78, 5) is 4.91. The molecule has 0 aliphatic carbocycles. The molecule has 1 fully saturated rings. The Balaban J connectivity index is 1.79. The molecule has 118 valence electrons. The standard InChI is InChI=1S/C16H24Cl2N2O/c1-2-7-19-9-11-20(12-10-19)8-6-15(21)13-4-3-5-14(17)16(13)18/h3-5,15,21H,2,6-12H2,1H3. The topological polar surface area (TPSA) is 26.7 Å². The van der Waals surface area contributed by atoms with Crippen molar-refractivity contribution in [2.45, 2.75) is 25.9 Å². The minimum Gasteiger partial charge on any atom is -0.388 e. The van der Waals surface area contributed by atoms with Gasteiger partial charge < -0.3 is 14.9 Å². The van der Waals surface area contributed by atoms with Crippen LogP contribution in [0.25, 0.3) is 0 Å². The second kappa shape index (κ2) is 8.35. The van der Waals surface area contributed by atoms with Gasteiger partial charge in [0.2, 0.25) is 0 Å². The Bertz CT molecular complexity index is 448. The third-order valence-electron chi connectivity index (χ3n) is 4.06. The van der Waals surface area contributed by atoms with Gasteiger partial charge in [0, 0.05) is 38.3 Å². The molecule has 0 spiro atoms. The quantitative estimate of drug-likeness (QED) is 0.865. The predicted molar refractivity (Wildman–Crippen MR) is 89.2 cm³/mol. The van der Waals surface area contributed by atoms with Crippen molar-refractivity contribution in [3.05, 3.63) is 33.8 Å². The van der Waals surface area contributed by atoms with Gasteiger partial charge in [-0.1, -0.05) is 42.3 Å². The molecule has 0 radical (unpaired) electrons. The zero-order valence-electron chi connectivity index (χ0n) is 12.6. The first-order valence-corrected chi connectivity index (χ1v) is 8.44. The molecule has 21 heavy (non-hydrogen) atoms. The smallest absolute Gasteiger partial charge is 0.0817 e. The van der Waals surface area contributed by atoms with Crippen molar-refractivity contribution in [3.63, 3.8) is 0 Å². The van der Waals surface area contributed by atoms with E-state index in [1.54, 1.807) is 6.07 Å². The van der Waals surface area contributed by atoms with Crippen LogP contribution < -0.4 is 0 Å². The molecule has 1 aliphatic heterocycles. The van der Waals surface area contributed by atoms with Crippen molar-refractivity contribution in [2.24, 2.45) is 0 Å². The normalized spacial score (nSPS) is 18.9. The molecule has 0 bridgehead atoms. The average Bonchev–Trinajstić information content (AvgIpc) is 2.49. The van der Waals surface area contributed by atoms with Crippen LogP contribution in [0.15, 0.2) is 18.2 Å². The fraction of sp³-hybridized carbons (Fsp3) is 0.625. The van der Waals surface area contributed by atoms with Crippen molar-refractivity contribution in [2.75, 3.05) is 39.3 Å². The Morgan fingerprint density at radius 3 is 2.33 bits per heavy atom. The van der Waals surface area contributed by atoms with Gasteiger partial charge in [0.25, 0.3) is 0 Å². The molecule has 2 rings (SSSR count). The molecule has 1 atom stereocenters. The van der Waals surface area contributed by atoms with Gasteiger partial charge in [0.05, 0.1) is 16.1 Å². The molecule has 1 aliphatic rings. The molecule has 0 saturated carbocycles. The Morgan fingerprint density at radius 2 is 1.71 bits per heavy atom. The van der Waals surface area contributed by atoms with Crippen LogP contribution in [0.3, 0.4) is 0 Å². The van der Waals surface area contributed by atoms with E-state index in [1.807, 2.05) is 12.1 Å². The van der Waals surface area contributed by atoms with E-state index < -0.39 is 6.10 Å². The van der Waals surface area contributed by atoms with Crippen LogP contribution >= 0.6 is 23.2 Å². The van der Waals surface area contributed by atoms with Crippen LogP contribution in [0.4, 0.5) is 0 Å². The highest BCUT2D eigenvalue weighted by molar-refractivity contribution is 6.42. The number of hydrogen-bond acceptors (Lipinski definition) is 3. The second-order valence-corrected chi connectivity index (χ2v) is 6.42. The average molecular weight is 331 g/mol. The monoisotopic (exact) mass is 330 g/mol. The number of halogens is 2. The fourth-order valence-corrected chi connectivity index (χ4v) is 3.22. The van der Waals surface area contributed by atoms with Crippen molar-refractivity contribution in [3.8, 4) is 0 Å². The molecule has 1 aromatic rings. The summed E-state index contributed by atoms with van der Waals surface area (Å²) in [6.45, 7) is 8.71. The Hall–Kier alpha value is -0.320. The maximum atomic E-state index is 10.3. The minimum absolute atomic E-state index is 0.472. The Labute approximate surface area is 137 Å². The van der Waals surface area contributed by atoms with Gasteiger partial charge in [-0.05, 0) is 25.5 Å². The van der Waals surface area contributed by atoms with Crippen LogP contribution in [-0.4, -0.2) is 54.2 Å². The summed E-state index contributed by atoms with van der Waals surface area (Å²) in [6.07, 6.45) is 1.35. The van der Waals surface area contributed by atoms with E-state index in [1.165, 1.54) is 13.0 Å². The van der Waals surface area contributed by atoms with Gasteiger partial charge in [0.15, 0.2) is 0 Å². The van der Waals surface area contributed by atoms with Crippen LogP contribution in [0.5, 0.6) is 0 Å². The SMILES string of the molecule is CCCN1CCN(CCC(O)c2cccc(Cl)c2Cl)CC1. The molecule has 1 N–H and O–H groups in total. The number of nitrogens with zero attached hydrogens (tertiary/aromatic N) is 2. The number of aliphatic hydroxyl groups excluding tert-OH is 1. The van der Waals surface area contributed by atoms with Crippen molar-refractivity contribution < 1.29 is 5.11 Å². The highest BCUT2D eigenvalue weighted by Gasteiger charge is 2.18. The molecule has 5 heteroatoms. The predicted octanol–water partition coefficient (Wildman–Crippen LogP) is 3.44. The van der Waals surface area contributed by atoms with Gasteiger partial charge in [0.1, 0.15) is 0 Å². The lowest BCUT2D eigenvalue weighted by atomic mass is 10.1. The Kier molecular flexibility index (Phi) is 6.77. The largest absolute Gasteiger partial charge is 0.388 e. The first kappa shape index (κ1) is 17.0. The number of piperazine rings is 1. The highest BCUT2D eigenvalue weighted by Crippen LogP contribution is 2.31. The van der Waals surface area contributed by atoms with E-state index in [-0.39, 0.29) is 0 Å². The van der Waals surface area contributed by atoms with Crippen molar-refractivity contribution >= 4 is 23.2 Å². The number of hydrogen-bond donors (Lipinski definition) is 1. The first-order valence-electron chi connectivity index (χ1n) is 7.68. The molecule has 0 aromatic heterocycles. The van der Waals surface area contributed by atoms with E-state index >= 15 is 0 Å². The molecular formula is C16H24Cl2N2O. The lowest BCUT2D eigenvalue weighted by Gasteiger charge is -2.34. The summed E-state index contributed by atoms with van der Waals surface area (Å²) in [7, 11) is 0. The molecule has 1 aromatic carbocycles. The third-order valence-corrected chi connectivity index (χ3v) is 4.90. The first-order chi connectivity index (χ1) is 10.1. The van der Waals surface area contributed by atoms with E-state index in [0.717, 1.165) is 38.3 Å². The number of benzene rings is 1. The maximum absolute atomic E-state index is 10.3. The molecule has 1 saturated heterocycles. The number of aliphatic hydroxyl groups is 1. The van der Waals surface area contributed by atoms with Gasteiger partial charge in [-0.25, -0.2) is 0 Å². The summed E-state index contributed by atoms with van der Waals surface area (Å²) in [5.41, 5.74) is 0.730. The van der Waals surface area contributed by atoms with Crippen LogP contribution in [0.2, 0.25) is 10.0 Å². The van der Waals surface area contributed by atoms with Crippen LogP contribution in [0, 0.1) is 0 Å². The fourth-order valence-electron chi connectivity index (χ4n) is 2.79. The van der Waals surface area contributed by atoms with E-state index in [9.17, 15) is 5.11 Å². The summed E-state index contributed by atoms with van der Waals surface area (Å²) in [6, 6.07) is 5.42. The molecular weight excluding hydrogens is 307 g/mol. The van der Waals surface area contributed by atoms with E-state index in [4.69, 9.17) is 23.2 Å². The summed E-state index contributed by atoms with van der Waals surface area (Å²) in [5.74, 6) is 0. The zero-order valence-corrected chi connectivity index (χ0v) is 14.1. The van der Waals surface area contributed by atoms with Crippen LogP contribution in [0.1, 0.15) is 31.4 Å². The number of rotatable bonds is 6. The van der Waals surface area contributed by atoms with Gasteiger partial charge in [-0.2, -0.15) is 0 Å². The molecule has 1 unspecified atom stereocenters. The second-order valence-electron chi connectivity index (χ2n) is 5.63. The van der Waals surface area contributed by atoms with Crippen molar-refractivity contribution in [1.82, 2.24) is 9.80 Å². The summed E-state index contributed by atoms with van der Waals surface area (Å²) < 4.78 is 0. The van der Waals surface area contributed by atoms with E-state index in [0.29, 0.717) is 16.5 Å². The van der Waals surface area contributed by atoms with Crippen LogP contribution in [-0.2, 0) is 0 Å². The lowest BCUT2D eigenvalue weighted by Crippen LogP contribution is -2.46. The summed E-state index contributed by atoms with van der Waals surface area (Å²) >= 11 is 12.1. The highest BCUT2D eigenvalue weighted by atomic mass is 35.5. The summed E-state index contributed by atoms with van der Waals surface area (Å²) in [5, 5.41) is 11.3. The zero-order chi connectivity index (χ0) is 15.2. The Morgan fingerprint density at radius 1 is 1.10 bits per heavy atom. The van der Waals surface area contributed by atoms with Gasteiger partial charge >= 0.3 is 0 Å².